The lowest BCUT2D eigenvalue weighted by molar-refractivity contribution is 0.103. The van der Waals surface area contributed by atoms with E-state index in [-0.39, 0.29) is 0 Å². The van der Waals surface area contributed by atoms with Crippen LogP contribution in [-0.2, 0) is 4.74 Å². The van der Waals surface area contributed by atoms with E-state index in [0.717, 1.165) is 19.0 Å². The fourth-order valence-corrected chi connectivity index (χ4v) is 3.16. The summed E-state index contributed by atoms with van der Waals surface area (Å²) in [5.74, 6) is 1.52. The molecule has 1 saturated carbocycles. The minimum absolute atomic E-state index is 0.522. The molecule has 0 bridgehead atoms. The highest BCUT2D eigenvalue weighted by atomic mass is 35.5. The molecule has 1 N–H and O–H groups in total. The van der Waals surface area contributed by atoms with E-state index in [1.165, 1.54) is 38.5 Å². The summed E-state index contributed by atoms with van der Waals surface area (Å²) in [4.78, 5) is 0. The van der Waals surface area contributed by atoms with Crippen molar-refractivity contribution < 1.29 is 4.74 Å². The molecule has 0 radical (unpaired) electrons. The monoisotopic (exact) mass is 231 g/mol. The number of ether oxygens (including phenoxy) is 1. The van der Waals surface area contributed by atoms with Crippen molar-refractivity contribution in [1.29, 1.82) is 0 Å². The van der Waals surface area contributed by atoms with Crippen LogP contribution in [0.5, 0.6) is 0 Å². The van der Waals surface area contributed by atoms with Gasteiger partial charge >= 0.3 is 0 Å². The predicted octanol–water partition coefficient (Wildman–Crippen LogP) is 2.55. The van der Waals surface area contributed by atoms with Crippen LogP contribution in [0.15, 0.2) is 0 Å². The zero-order valence-electron chi connectivity index (χ0n) is 9.38. The fourth-order valence-electron chi connectivity index (χ4n) is 2.79. The van der Waals surface area contributed by atoms with Crippen LogP contribution in [0.25, 0.3) is 0 Å². The maximum absolute atomic E-state index is 5.94. The molecule has 1 aliphatic carbocycles. The molecule has 3 unspecified atom stereocenters. The molecule has 1 saturated heterocycles. The molecule has 15 heavy (non-hydrogen) atoms. The van der Waals surface area contributed by atoms with Gasteiger partial charge in [0.25, 0.3) is 0 Å². The van der Waals surface area contributed by atoms with E-state index in [1.54, 1.807) is 0 Å². The van der Waals surface area contributed by atoms with Crippen molar-refractivity contribution in [2.75, 3.05) is 19.0 Å². The molecule has 2 rings (SSSR count). The summed E-state index contributed by atoms with van der Waals surface area (Å²) in [6.07, 6.45) is 8.15. The molecule has 0 aromatic carbocycles. The molecule has 0 spiro atoms. The van der Waals surface area contributed by atoms with Crippen LogP contribution in [0.3, 0.4) is 0 Å². The Balaban J connectivity index is 1.60. The first-order valence-corrected chi connectivity index (χ1v) is 6.84. The van der Waals surface area contributed by atoms with Crippen LogP contribution in [-0.4, -0.2) is 31.2 Å². The summed E-state index contributed by atoms with van der Waals surface area (Å²) in [5, 5.41) is 3.65. The predicted molar refractivity (Wildman–Crippen MR) is 63.4 cm³/mol. The van der Waals surface area contributed by atoms with Gasteiger partial charge < -0.3 is 10.1 Å². The van der Waals surface area contributed by atoms with Gasteiger partial charge in [-0.25, -0.2) is 0 Å². The first-order valence-electron chi connectivity index (χ1n) is 6.31. The number of nitrogens with one attached hydrogen (secondary N) is 1. The molecule has 1 aliphatic heterocycles. The lowest BCUT2D eigenvalue weighted by Gasteiger charge is -2.19. The Morgan fingerprint density at radius 1 is 1.20 bits per heavy atom. The average molecular weight is 232 g/mol. The van der Waals surface area contributed by atoms with Gasteiger partial charge in [0.15, 0.2) is 0 Å². The second-order valence-corrected chi connectivity index (χ2v) is 5.14. The van der Waals surface area contributed by atoms with Gasteiger partial charge in [0.1, 0.15) is 0 Å². The fraction of sp³-hybridized carbons (Fsp3) is 1.00. The van der Waals surface area contributed by atoms with Crippen molar-refractivity contribution in [3.8, 4) is 0 Å². The van der Waals surface area contributed by atoms with Crippen molar-refractivity contribution in [2.24, 2.45) is 5.92 Å². The third kappa shape index (κ3) is 3.33. The van der Waals surface area contributed by atoms with Gasteiger partial charge in [-0.1, -0.05) is 6.42 Å². The van der Waals surface area contributed by atoms with Gasteiger partial charge in [-0.2, -0.15) is 0 Å². The molecule has 2 fully saturated rings. The molecule has 3 atom stereocenters. The molecule has 2 nitrogen and oxygen atoms in total. The van der Waals surface area contributed by atoms with E-state index in [4.69, 9.17) is 16.3 Å². The van der Waals surface area contributed by atoms with E-state index in [1.807, 2.05) is 0 Å². The normalized spacial score (nSPS) is 36.2. The summed E-state index contributed by atoms with van der Waals surface area (Å²) in [6, 6.07) is 0.670. The standard InChI is InChI=1S/C12H22ClNO/c13-9-10-3-1-5-12(10)14-7-6-11-4-2-8-15-11/h10-12,14H,1-9H2. The zero-order valence-corrected chi connectivity index (χ0v) is 10.1. The van der Waals surface area contributed by atoms with Crippen LogP contribution in [0.2, 0.25) is 0 Å². The minimum Gasteiger partial charge on any atom is -0.378 e. The number of hydrogen-bond acceptors (Lipinski definition) is 2. The summed E-state index contributed by atoms with van der Waals surface area (Å²) in [5.41, 5.74) is 0. The molecule has 2 aliphatic rings. The molecule has 0 amide bonds. The highest BCUT2D eigenvalue weighted by Gasteiger charge is 2.26. The van der Waals surface area contributed by atoms with E-state index in [0.29, 0.717) is 18.1 Å². The highest BCUT2D eigenvalue weighted by molar-refractivity contribution is 6.18. The van der Waals surface area contributed by atoms with Crippen LogP contribution >= 0.6 is 11.6 Å². The van der Waals surface area contributed by atoms with Crippen LogP contribution in [0.4, 0.5) is 0 Å². The van der Waals surface area contributed by atoms with Crippen LogP contribution in [0.1, 0.15) is 38.5 Å². The Morgan fingerprint density at radius 2 is 2.13 bits per heavy atom. The Kier molecular flexibility index (Phi) is 4.73. The molecule has 0 aromatic heterocycles. The molecule has 3 heteroatoms. The van der Waals surface area contributed by atoms with Gasteiger partial charge in [0, 0.05) is 18.5 Å². The van der Waals surface area contributed by atoms with Crippen molar-refractivity contribution in [3.63, 3.8) is 0 Å². The maximum atomic E-state index is 5.94. The first kappa shape index (κ1) is 11.7. The van der Waals surface area contributed by atoms with Gasteiger partial charge in [0.05, 0.1) is 6.10 Å². The lowest BCUT2D eigenvalue weighted by Crippen LogP contribution is -2.35. The van der Waals surface area contributed by atoms with E-state index < -0.39 is 0 Å². The van der Waals surface area contributed by atoms with Crippen molar-refractivity contribution >= 4 is 11.6 Å². The maximum Gasteiger partial charge on any atom is 0.0588 e. The Hall–Kier alpha value is 0.210. The first-order chi connectivity index (χ1) is 7.40. The van der Waals surface area contributed by atoms with Crippen LogP contribution in [0, 0.1) is 5.92 Å². The summed E-state index contributed by atoms with van der Waals surface area (Å²) in [6.45, 7) is 2.07. The van der Waals surface area contributed by atoms with Gasteiger partial charge in [-0.05, 0) is 44.6 Å². The SMILES string of the molecule is ClCC1CCCC1NCCC1CCCO1. The Labute approximate surface area is 97.7 Å². The van der Waals surface area contributed by atoms with Gasteiger partial charge in [0.2, 0.25) is 0 Å². The average Bonchev–Trinajstić information content (AvgIpc) is 2.88. The largest absolute Gasteiger partial charge is 0.378 e. The zero-order chi connectivity index (χ0) is 10.5. The molecular weight excluding hydrogens is 210 g/mol. The molecular formula is C12H22ClNO. The minimum atomic E-state index is 0.522. The summed E-state index contributed by atoms with van der Waals surface area (Å²) >= 11 is 5.94. The quantitative estimate of drug-likeness (QED) is 0.735. The van der Waals surface area contributed by atoms with Crippen molar-refractivity contribution in [2.45, 2.75) is 50.7 Å². The smallest absolute Gasteiger partial charge is 0.0588 e. The molecule has 88 valence electrons. The Bertz CT molecular complexity index is 182. The third-order valence-electron chi connectivity index (χ3n) is 3.75. The van der Waals surface area contributed by atoms with Gasteiger partial charge in [-0.15, -0.1) is 11.6 Å². The third-order valence-corrected chi connectivity index (χ3v) is 4.15. The second kappa shape index (κ2) is 6.07. The van der Waals surface area contributed by atoms with E-state index in [2.05, 4.69) is 5.32 Å². The van der Waals surface area contributed by atoms with E-state index in [9.17, 15) is 0 Å². The van der Waals surface area contributed by atoms with E-state index >= 15 is 0 Å². The number of alkyl halides is 1. The second-order valence-electron chi connectivity index (χ2n) is 4.83. The van der Waals surface area contributed by atoms with Crippen molar-refractivity contribution in [1.82, 2.24) is 5.32 Å². The number of halogens is 1. The summed E-state index contributed by atoms with van der Waals surface area (Å²) < 4.78 is 5.60. The number of hydrogen-bond donors (Lipinski definition) is 1. The summed E-state index contributed by atoms with van der Waals surface area (Å²) in [7, 11) is 0. The lowest BCUT2D eigenvalue weighted by atomic mass is 10.1. The van der Waals surface area contributed by atoms with Crippen LogP contribution < -0.4 is 5.32 Å². The van der Waals surface area contributed by atoms with Gasteiger partial charge in [-0.3, -0.25) is 0 Å². The topological polar surface area (TPSA) is 21.3 Å². The molecule has 1 heterocycles. The number of rotatable bonds is 5. The van der Waals surface area contributed by atoms with Crippen molar-refractivity contribution in [3.05, 3.63) is 0 Å². The Morgan fingerprint density at radius 3 is 2.87 bits per heavy atom. The highest BCUT2D eigenvalue weighted by Crippen LogP contribution is 2.26. The molecule has 0 aromatic rings.